The van der Waals surface area contributed by atoms with Crippen LogP contribution in [0.4, 0.5) is 0 Å². The number of hydrogen-bond donors (Lipinski definition) is 1. The average Bonchev–Trinajstić information content (AvgIpc) is 3.33. The van der Waals surface area contributed by atoms with Crippen molar-refractivity contribution >= 4 is 27.9 Å². The highest BCUT2D eigenvalue weighted by atomic mass is 16.5. The number of imidazole rings is 1. The van der Waals surface area contributed by atoms with Crippen molar-refractivity contribution in [2.45, 2.75) is 44.8 Å². The number of hydrogen-bond acceptors (Lipinski definition) is 5. The molecule has 194 valence electrons. The van der Waals surface area contributed by atoms with Crippen LogP contribution in [0.1, 0.15) is 54.2 Å². The van der Waals surface area contributed by atoms with Crippen molar-refractivity contribution in [1.82, 2.24) is 14.5 Å². The second kappa shape index (κ2) is 10.6. The minimum absolute atomic E-state index is 0.159. The molecule has 1 aliphatic rings. The summed E-state index contributed by atoms with van der Waals surface area (Å²) in [6.07, 6.45) is 3.36. The van der Waals surface area contributed by atoms with Crippen molar-refractivity contribution in [2.24, 2.45) is 5.92 Å². The first-order chi connectivity index (χ1) is 19.1. The fourth-order valence-electron chi connectivity index (χ4n) is 5.62. The molecule has 1 N–H and O–H groups in total. The maximum absolute atomic E-state index is 12.2. The van der Waals surface area contributed by atoms with E-state index in [0.29, 0.717) is 30.9 Å². The van der Waals surface area contributed by atoms with Gasteiger partial charge in [0, 0.05) is 23.9 Å². The van der Waals surface area contributed by atoms with Crippen molar-refractivity contribution in [2.75, 3.05) is 0 Å². The van der Waals surface area contributed by atoms with Gasteiger partial charge in [0.15, 0.2) is 0 Å². The molecule has 2 heterocycles. The highest BCUT2D eigenvalue weighted by molar-refractivity contribution is 5.79. The van der Waals surface area contributed by atoms with Crippen molar-refractivity contribution in [3.8, 4) is 11.8 Å². The zero-order chi connectivity index (χ0) is 26.8. The Balaban J connectivity index is 1.33. The van der Waals surface area contributed by atoms with Crippen LogP contribution in [0.15, 0.2) is 78.9 Å². The topological polar surface area (TPSA) is 101 Å². The Morgan fingerprint density at radius 1 is 0.974 bits per heavy atom. The first-order valence-electron chi connectivity index (χ1n) is 13.3. The Bertz CT molecular complexity index is 1700. The third-order valence-corrected chi connectivity index (χ3v) is 7.63. The molecule has 0 radical (unpaired) electrons. The molecule has 2 aromatic heterocycles. The summed E-state index contributed by atoms with van der Waals surface area (Å²) in [6.45, 7) is 0.875. The zero-order valence-electron chi connectivity index (χ0n) is 21.5. The first-order valence-corrected chi connectivity index (χ1v) is 13.3. The summed E-state index contributed by atoms with van der Waals surface area (Å²) >= 11 is 0. The summed E-state index contributed by atoms with van der Waals surface area (Å²) in [5.74, 6) is 0.113. The average molecular weight is 517 g/mol. The number of rotatable bonds is 7. The molecule has 1 saturated carbocycles. The van der Waals surface area contributed by atoms with E-state index in [9.17, 15) is 15.2 Å². The van der Waals surface area contributed by atoms with E-state index in [1.165, 1.54) is 0 Å². The molecular formula is C32H28N4O3. The fourth-order valence-corrected chi connectivity index (χ4v) is 5.62. The van der Waals surface area contributed by atoms with Crippen LogP contribution in [0.3, 0.4) is 0 Å². The summed E-state index contributed by atoms with van der Waals surface area (Å²) in [7, 11) is 0. The molecule has 6 rings (SSSR count). The Morgan fingerprint density at radius 3 is 2.62 bits per heavy atom. The maximum atomic E-state index is 12.2. The van der Waals surface area contributed by atoms with E-state index in [1.807, 2.05) is 78.9 Å². The van der Waals surface area contributed by atoms with E-state index in [-0.39, 0.29) is 5.92 Å². The van der Waals surface area contributed by atoms with E-state index < -0.39 is 11.9 Å². The van der Waals surface area contributed by atoms with Crippen LogP contribution in [0.5, 0.6) is 5.75 Å². The molecular weight excluding hydrogens is 488 g/mol. The first kappa shape index (κ1) is 24.6. The smallest absolute Gasteiger partial charge is 0.307 e. The van der Waals surface area contributed by atoms with E-state index >= 15 is 0 Å². The Labute approximate surface area is 226 Å². The quantitative estimate of drug-likeness (QED) is 0.267. The summed E-state index contributed by atoms with van der Waals surface area (Å²) in [5, 5.41) is 20.2. The summed E-state index contributed by atoms with van der Waals surface area (Å²) in [4.78, 5) is 21.9. The molecule has 7 heteroatoms. The van der Waals surface area contributed by atoms with Crippen LogP contribution in [0.25, 0.3) is 21.9 Å². The van der Waals surface area contributed by atoms with Gasteiger partial charge in [-0.25, -0.2) is 9.97 Å². The molecule has 0 spiro atoms. The third-order valence-electron chi connectivity index (χ3n) is 7.63. The molecule has 5 aromatic rings. The zero-order valence-corrected chi connectivity index (χ0v) is 21.5. The summed E-state index contributed by atoms with van der Waals surface area (Å²) < 4.78 is 8.25. The van der Waals surface area contributed by atoms with Gasteiger partial charge in [-0.1, -0.05) is 49.2 Å². The molecule has 0 bridgehead atoms. The van der Waals surface area contributed by atoms with Crippen LogP contribution in [-0.4, -0.2) is 25.6 Å². The van der Waals surface area contributed by atoms with Crippen molar-refractivity contribution in [3.05, 3.63) is 102 Å². The predicted molar refractivity (Wildman–Crippen MR) is 148 cm³/mol. The number of fused-ring (bicyclic) bond motifs is 2. The largest absolute Gasteiger partial charge is 0.487 e. The fraction of sp³-hybridized carbons (Fsp3) is 0.250. The maximum Gasteiger partial charge on any atom is 0.307 e. The van der Waals surface area contributed by atoms with Crippen molar-refractivity contribution < 1.29 is 14.6 Å². The number of ether oxygens (including phenoxy) is 1. The van der Waals surface area contributed by atoms with Gasteiger partial charge in [-0.05, 0) is 54.8 Å². The van der Waals surface area contributed by atoms with Crippen molar-refractivity contribution in [3.63, 3.8) is 0 Å². The van der Waals surface area contributed by atoms with Crippen molar-refractivity contribution in [1.29, 1.82) is 5.26 Å². The number of carboxylic acids is 1. The van der Waals surface area contributed by atoms with E-state index in [0.717, 1.165) is 58.3 Å². The highest BCUT2D eigenvalue weighted by Crippen LogP contribution is 2.39. The lowest BCUT2D eigenvalue weighted by molar-refractivity contribution is -0.143. The second-order valence-electron chi connectivity index (χ2n) is 10.1. The number of pyridine rings is 1. The van der Waals surface area contributed by atoms with Gasteiger partial charge in [0.25, 0.3) is 0 Å². The number of carboxylic acid groups (broad SMARTS) is 1. The monoisotopic (exact) mass is 516 g/mol. The molecule has 7 nitrogen and oxygen atoms in total. The number of nitrogens with zero attached hydrogens (tertiary/aromatic N) is 4. The van der Waals surface area contributed by atoms with Gasteiger partial charge in [-0.15, -0.1) is 0 Å². The predicted octanol–water partition coefficient (Wildman–Crippen LogP) is 6.44. The number of nitriles is 1. The summed E-state index contributed by atoms with van der Waals surface area (Å²) in [6, 6.07) is 27.5. The van der Waals surface area contributed by atoms with Gasteiger partial charge in [0.1, 0.15) is 18.2 Å². The lowest BCUT2D eigenvalue weighted by atomic mass is 9.78. The van der Waals surface area contributed by atoms with Gasteiger partial charge in [0.2, 0.25) is 0 Å². The third kappa shape index (κ3) is 5.06. The highest BCUT2D eigenvalue weighted by Gasteiger charge is 2.35. The molecule has 0 aliphatic heterocycles. The molecule has 3 aromatic carbocycles. The summed E-state index contributed by atoms with van der Waals surface area (Å²) in [5.41, 5.74) is 5.11. The molecule has 1 unspecified atom stereocenters. The number of carbonyl (C=O) groups is 1. The number of para-hydroxylation sites is 1. The van der Waals surface area contributed by atoms with Crippen LogP contribution in [-0.2, 0) is 17.9 Å². The molecule has 1 fully saturated rings. The standard InChI is InChI=1S/C32H28N4O3/c33-18-21-9-11-22(12-10-21)19-36-30-16-15-25(39-20-24-14-13-23-5-1-4-8-28(23)34-24)17-29(30)35-31(36)26-6-2-3-7-27(26)32(37)38/h1,4-5,8-17,26-27H,2-3,6-7,19-20H2,(H,37,38)/t26?,27-/m1/s1. The second-order valence-corrected chi connectivity index (χ2v) is 10.1. The van der Waals surface area contributed by atoms with E-state index in [4.69, 9.17) is 14.7 Å². The van der Waals surface area contributed by atoms with Gasteiger partial charge in [0.05, 0.1) is 39.8 Å². The minimum atomic E-state index is -0.761. The Morgan fingerprint density at radius 2 is 1.79 bits per heavy atom. The Kier molecular flexibility index (Phi) is 6.68. The lowest BCUT2D eigenvalue weighted by Gasteiger charge is -2.28. The van der Waals surface area contributed by atoms with E-state index in [2.05, 4.69) is 10.6 Å². The SMILES string of the molecule is N#Cc1ccc(Cn2c(C3CCCC[C@H]3C(=O)O)nc3cc(OCc4ccc5ccccc5n4)ccc32)cc1. The van der Waals surface area contributed by atoms with Crippen LogP contribution in [0.2, 0.25) is 0 Å². The molecule has 39 heavy (non-hydrogen) atoms. The molecule has 2 atom stereocenters. The molecule has 0 saturated heterocycles. The lowest BCUT2D eigenvalue weighted by Crippen LogP contribution is -2.27. The van der Waals surface area contributed by atoms with Crippen LogP contribution >= 0.6 is 0 Å². The van der Waals surface area contributed by atoms with E-state index in [1.54, 1.807) is 0 Å². The van der Waals surface area contributed by atoms with Gasteiger partial charge in [-0.3, -0.25) is 4.79 Å². The molecule has 0 amide bonds. The normalized spacial score (nSPS) is 17.2. The van der Waals surface area contributed by atoms with Crippen LogP contribution < -0.4 is 4.74 Å². The minimum Gasteiger partial charge on any atom is -0.487 e. The van der Waals surface area contributed by atoms with Gasteiger partial charge in [-0.2, -0.15) is 5.26 Å². The van der Waals surface area contributed by atoms with Gasteiger partial charge < -0.3 is 14.4 Å². The Hall–Kier alpha value is -4.70. The van der Waals surface area contributed by atoms with Gasteiger partial charge >= 0.3 is 5.97 Å². The van der Waals surface area contributed by atoms with Crippen LogP contribution in [0, 0.1) is 17.2 Å². The molecule has 1 aliphatic carbocycles. The number of benzene rings is 3. The number of aliphatic carboxylic acids is 1. The number of aromatic nitrogens is 3.